The van der Waals surface area contributed by atoms with Crippen molar-refractivity contribution in [1.29, 1.82) is 0 Å². The van der Waals surface area contributed by atoms with Crippen molar-refractivity contribution in [3.63, 3.8) is 0 Å². The minimum atomic E-state index is -4.13. The monoisotopic (exact) mass is 456 g/mol. The van der Waals surface area contributed by atoms with Gasteiger partial charge in [0.15, 0.2) is 5.11 Å². The number of hydrogen-bond acceptors (Lipinski definition) is 5. The summed E-state index contributed by atoms with van der Waals surface area (Å²) in [6, 6.07) is 8.78. The van der Waals surface area contributed by atoms with E-state index in [-0.39, 0.29) is 42.7 Å². The van der Waals surface area contributed by atoms with Crippen LogP contribution in [-0.4, -0.2) is 50.0 Å². The van der Waals surface area contributed by atoms with E-state index in [0.29, 0.717) is 0 Å². The minimum absolute atomic E-state index is 0.0930. The van der Waals surface area contributed by atoms with Crippen LogP contribution in [0.25, 0.3) is 0 Å². The summed E-state index contributed by atoms with van der Waals surface area (Å²) in [6.07, 6.45) is 0. The number of nitrogens with one attached hydrogen (secondary N) is 3. The maximum Gasteiger partial charge on any atom is 0.269 e. The summed E-state index contributed by atoms with van der Waals surface area (Å²) in [6.45, 7) is 0.597. The third kappa shape index (κ3) is 5.08. The normalized spacial score (nSPS) is 14.7. The number of hydrazine groups is 1. The summed E-state index contributed by atoms with van der Waals surface area (Å²) < 4.78 is 59.5. The smallest absolute Gasteiger partial charge is 0.269 e. The second-order valence-electron chi connectivity index (χ2n) is 6.17. The first-order valence-electron chi connectivity index (χ1n) is 8.78. The van der Waals surface area contributed by atoms with Crippen molar-refractivity contribution in [2.24, 2.45) is 0 Å². The van der Waals surface area contributed by atoms with Crippen molar-refractivity contribution in [2.75, 3.05) is 31.6 Å². The van der Waals surface area contributed by atoms with Gasteiger partial charge in [-0.15, -0.1) is 0 Å². The SMILES string of the molecule is O=C(NNC(=S)Nc1ccccc1F)c1ccc(F)c(S(=O)(=O)N2CCOCC2)c1. The largest absolute Gasteiger partial charge is 0.379 e. The molecule has 0 aromatic heterocycles. The van der Waals surface area contributed by atoms with Crippen LogP contribution in [0.5, 0.6) is 0 Å². The lowest BCUT2D eigenvalue weighted by Gasteiger charge is -2.26. The highest BCUT2D eigenvalue weighted by Crippen LogP contribution is 2.22. The van der Waals surface area contributed by atoms with E-state index in [0.717, 1.165) is 22.5 Å². The number of anilines is 1. The number of sulfonamides is 1. The molecule has 0 bridgehead atoms. The van der Waals surface area contributed by atoms with Gasteiger partial charge in [0.1, 0.15) is 16.5 Å². The van der Waals surface area contributed by atoms with Crippen molar-refractivity contribution in [3.8, 4) is 0 Å². The quantitative estimate of drug-likeness (QED) is 0.475. The number of carbonyl (C=O) groups is 1. The maximum absolute atomic E-state index is 14.2. The van der Waals surface area contributed by atoms with Gasteiger partial charge in [-0.1, -0.05) is 12.1 Å². The van der Waals surface area contributed by atoms with E-state index in [2.05, 4.69) is 16.2 Å². The van der Waals surface area contributed by atoms with Crippen LogP contribution in [0.1, 0.15) is 10.4 Å². The third-order valence-electron chi connectivity index (χ3n) is 4.19. The van der Waals surface area contributed by atoms with Gasteiger partial charge in [-0.3, -0.25) is 15.6 Å². The highest BCUT2D eigenvalue weighted by atomic mass is 32.2. The van der Waals surface area contributed by atoms with Gasteiger partial charge in [-0.25, -0.2) is 17.2 Å². The van der Waals surface area contributed by atoms with E-state index in [1.165, 1.54) is 18.2 Å². The molecule has 8 nitrogen and oxygen atoms in total. The lowest BCUT2D eigenvalue weighted by molar-refractivity contribution is 0.0729. The zero-order valence-electron chi connectivity index (χ0n) is 15.5. The molecule has 0 unspecified atom stereocenters. The number of para-hydroxylation sites is 1. The Morgan fingerprint density at radius 2 is 1.73 bits per heavy atom. The van der Waals surface area contributed by atoms with E-state index in [4.69, 9.17) is 17.0 Å². The van der Waals surface area contributed by atoms with Crippen LogP contribution in [0.3, 0.4) is 0 Å². The number of rotatable bonds is 4. The molecule has 0 atom stereocenters. The number of carbonyl (C=O) groups excluding carboxylic acids is 1. The molecule has 1 saturated heterocycles. The predicted octanol–water partition coefficient (Wildman–Crippen LogP) is 1.62. The Morgan fingerprint density at radius 3 is 2.43 bits per heavy atom. The number of thiocarbonyl (C=S) groups is 1. The summed E-state index contributed by atoms with van der Waals surface area (Å²) in [5, 5.41) is 2.46. The van der Waals surface area contributed by atoms with E-state index in [9.17, 15) is 22.0 Å². The zero-order chi connectivity index (χ0) is 21.7. The fourth-order valence-corrected chi connectivity index (χ4v) is 4.33. The van der Waals surface area contributed by atoms with Crippen LogP contribution < -0.4 is 16.2 Å². The first kappa shape index (κ1) is 22.0. The molecule has 1 heterocycles. The Morgan fingerprint density at radius 1 is 1.03 bits per heavy atom. The summed E-state index contributed by atoms with van der Waals surface area (Å²) in [5.41, 5.74) is 4.62. The van der Waals surface area contributed by atoms with Crippen molar-refractivity contribution in [1.82, 2.24) is 15.2 Å². The molecule has 1 fully saturated rings. The van der Waals surface area contributed by atoms with Crippen molar-refractivity contribution >= 4 is 38.9 Å². The third-order valence-corrected chi connectivity index (χ3v) is 6.31. The van der Waals surface area contributed by atoms with Gasteiger partial charge in [0.2, 0.25) is 10.0 Å². The molecule has 0 radical (unpaired) electrons. The van der Waals surface area contributed by atoms with Crippen LogP contribution in [-0.2, 0) is 14.8 Å². The van der Waals surface area contributed by atoms with Gasteiger partial charge >= 0.3 is 0 Å². The molecular weight excluding hydrogens is 438 g/mol. The Balaban J connectivity index is 1.68. The molecule has 30 heavy (non-hydrogen) atoms. The molecule has 1 amide bonds. The average Bonchev–Trinajstić information content (AvgIpc) is 2.74. The number of amides is 1. The molecule has 0 aliphatic carbocycles. The topological polar surface area (TPSA) is 99.8 Å². The number of ether oxygens (including phenoxy) is 1. The number of nitrogens with zero attached hydrogens (tertiary/aromatic N) is 1. The Bertz CT molecular complexity index is 1060. The van der Waals surface area contributed by atoms with Gasteiger partial charge < -0.3 is 10.1 Å². The molecule has 12 heteroatoms. The lowest BCUT2D eigenvalue weighted by atomic mass is 10.2. The molecule has 3 rings (SSSR count). The molecule has 3 N–H and O–H groups in total. The van der Waals surface area contributed by atoms with Crippen LogP contribution in [0.15, 0.2) is 47.4 Å². The highest BCUT2D eigenvalue weighted by molar-refractivity contribution is 7.89. The van der Waals surface area contributed by atoms with E-state index in [1.54, 1.807) is 6.07 Å². The molecule has 2 aromatic carbocycles. The minimum Gasteiger partial charge on any atom is -0.379 e. The molecule has 1 aliphatic heterocycles. The van der Waals surface area contributed by atoms with E-state index < -0.39 is 32.5 Å². The van der Waals surface area contributed by atoms with Crippen LogP contribution >= 0.6 is 12.2 Å². The van der Waals surface area contributed by atoms with Crippen LogP contribution in [0.4, 0.5) is 14.5 Å². The second-order valence-corrected chi connectivity index (χ2v) is 8.49. The Labute approximate surface area is 177 Å². The number of benzene rings is 2. The molecule has 2 aromatic rings. The number of morpholine rings is 1. The summed E-state index contributed by atoms with van der Waals surface area (Å²) in [7, 11) is -4.13. The van der Waals surface area contributed by atoms with Gasteiger partial charge in [0.25, 0.3) is 5.91 Å². The molecule has 1 aliphatic rings. The molecular formula is C18H18F2N4O4S2. The van der Waals surface area contributed by atoms with Gasteiger partial charge in [0, 0.05) is 18.7 Å². The standard InChI is InChI=1S/C18H18F2N4O4S2/c19-13-3-1-2-4-15(13)21-18(29)23-22-17(25)12-5-6-14(20)16(11-12)30(26,27)24-7-9-28-10-8-24/h1-6,11H,7-10H2,(H,22,25)(H2,21,23,29). The Kier molecular flexibility index (Phi) is 6.92. The van der Waals surface area contributed by atoms with Crippen LogP contribution in [0, 0.1) is 11.6 Å². The van der Waals surface area contributed by atoms with Gasteiger partial charge in [-0.2, -0.15) is 4.31 Å². The lowest BCUT2D eigenvalue weighted by Crippen LogP contribution is -2.44. The van der Waals surface area contributed by atoms with Gasteiger partial charge in [0.05, 0.1) is 18.9 Å². The van der Waals surface area contributed by atoms with Crippen molar-refractivity contribution in [3.05, 3.63) is 59.7 Å². The molecule has 0 saturated carbocycles. The fraction of sp³-hybridized carbons (Fsp3) is 0.222. The van der Waals surface area contributed by atoms with Crippen molar-refractivity contribution < 1.29 is 26.7 Å². The first-order valence-corrected chi connectivity index (χ1v) is 10.6. The zero-order valence-corrected chi connectivity index (χ0v) is 17.2. The Hall–Kier alpha value is -2.67. The van der Waals surface area contributed by atoms with E-state index >= 15 is 0 Å². The number of halogens is 2. The average molecular weight is 456 g/mol. The summed E-state index contributed by atoms with van der Waals surface area (Å²) >= 11 is 4.98. The predicted molar refractivity (Wildman–Crippen MR) is 109 cm³/mol. The van der Waals surface area contributed by atoms with Gasteiger partial charge in [-0.05, 0) is 42.5 Å². The summed E-state index contributed by atoms with van der Waals surface area (Å²) in [4.78, 5) is 11.7. The molecule has 160 valence electrons. The number of hydrogen-bond donors (Lipinski definition) is 3. The second kappa shape index (κ2) is 9.43. The maximum atomic E-state index is 14.2. The first-order chi connectivity index (χ1) is 14.3. The van der Waals surface area contributed by atoms with Crippen molar-refractivity contribution in [2.45, 2.75) is 4.90 Å². The fourth-order valence-electron chi connectivity index (χ4n) is 2.67. The summed E-state index contributed by atoms with van der Waals surface area (Å²) in [5.74, 6) is -2.27. The highest BCUT2D eigenvalue weighted by Gasteiger charge is 2.29. The van der Waals surface area contributed by atoms with E-state index in [1.807, 2.05) is 0 Å². The molecule has 0 spiro atoms. The van der Waals surface area contributed by atoms with Crippen LogP contribution in [0.2, 0.25) is 0 Å².